The highest BCUT2D eigenvalue weighted by Crippen LogP contribution is 2.45. The average molecular weight is 363 g/mol. The van der Waals surface area contributed by atoms with Crippen molar-refractivity contribution in [2.45, 2.75) is 31.7 Å². The van der Waals surface area contributed by atoms with Gasteiger partial charge in [0.2, 0.25) is 0 Å². The van der Waals surface area contributed by atoms with Gasteiger partial charge in [-0.3, -0.25) is 14.5 Å². The van der Waals surface area contributed by atoms with Gasteiger partial charge in [0.05, 0.1) is 10.6 Å². The number of carbonyl (C=O) groups excluding carboxylic acids is 1. The van der Waals surface area contributed by atoms with Crippen LogP contribution in [0.5, 0.6) is 0 Å². The maximum atomic E-state index is 12.8. The number of amides is 1. The summed E-state index contributed by atoms with van der Waals surface area (Å²) in [5.41, 5.74) is -0.378. The van der Waals surface area contributed by atoms with Crippen molar-refractivity contribution in [3.05, 3.63) is 34.9 Å². The smallest absolute Gasteiger partial charge is 0.313 e. The molecule has 4 rings (SSSR count). The van der Waals surface area contributed by atoms with Crippen LogP contribution in [0.25, 0.3) is 0 Å². The number of fused-ring (bicyclic) bond motifs is 1. The zero-order chi connectivity index (χ0) is 17.6. The first-order valence-electron chi connectivity index (χ1n) is 9.02. The molecule has 0 spiro atoms. The van der Waals surface area contributed by atoms with E-state index in [1.807, 2.05) is 0 Å². The summed E-state index contributed by atoms with van der Waals surface area (Å²) in [4.78, 5) is 29.0. The Kier molecular flexibility index (Phi) is 4.24. The fourth-order valence-corrected chi connectivity index (χ4v) is 5.13. The number of likely N-dealkylation sites (tertiary alicyclic amines) is 2. The van der Waals surface area contributed by atoms with Crippen molar-refractivity contribution < 1.29 is 14.7 Å². The Morgan fingerprint density at radius 1 is 1.12 bits per heavy atom. The molecule has 6 heteroatoms. The molecule has 2 atom stereocenters. The maximum Gasteiger partial charge on any atom is 0.313 e. The molecule has 0 aromatic heterocycles. The van der Waals surface area contributed by atoms with Gasteiger partial charge >= 0.3 is 5.97 Å². The molecule has 2 saturated heterocycles. The fraction of sp³-hybridized carbons (Fsp3) is 0.579. The van der Waals surface area contributed by atoms with Crippen molar-refractivity contribution in [3.63, 3.8) is 0 Å². The molecule has 1 unspecified atom stereocenters. The molecular weight excluding hydrogens is 340 g/mol. The van der Waals surface area contributed by atoms with Crippen LogP contribution in [0.15, 0.2) is 24.3 Å². The standard InChI is InChI=1S/C19H23ClN2O3/c20-16-8-4-3-7-15(16)17(23)22-10-13-9-21(14-5-1-2-6-14)11-19(13,12-22)18(24)25/h3-4,7-8,13-14H,1-2,5-6,9-12H2,(H,24,25)/t13?,19-/m0/s1. The lowest BCUT2D eigenvalue weighted by Gasteiger charge is -2.28. The number of rotatable bonds is 3. The van der Waals surface area contributed by atoms with Crippen molar-refractivity contribution in [1.82, 2.24) is 9.80 Å². The second-order valence-corrected chi connectivity index (χ2v) is 8.10. The van der Waals surface area contributed by atoms with Crippen molar-refractivity contribution in [1.29, 1.82) is 0 Å². The van der Waals surface area contributed by atoms with Gasteiger partial charge in [-0.05, 0) is 25.0 Å². The molecule has 1 N–H and O–H groups in total. The summed E-state index contributed by atoms with van der Waals surface area (Å²) in [6, 6.07) is 7.49. The first kappa shape index (κ1) is 16.9. The van der Waals surface area contributed by atoms with Gasteiger partial charge in [0.1, 0.15) is 5.41 Å². The van der Waals surface area contributed by atoms with E-state index in [0.717, 1.165) is 6.54 Å². The van der Waals surface area contributed by atoms with Crippen LogP contribution in [0.2, 0.25) is 5.02 Å². The van der Waals surface area contributed by atoms with Gasteiger partial charge in [-0.25, -0.2) is 0 Å². The number of carboxylic acid groups (broad SMARTS) is 1. The van der Waals surface area contributed by atoms with Gasteiger partial charge in [0, 0.05) is 38.1 Å². The molecule has 1 aromatic rings. The number of nitrogens with zero attached hydrogens (tertiary/aromatic N) is 2. The zero-order valence-electron chi connectivity index (χ0n) is 14.2. The van der Waals surface area contributed by atoms with Crippen LogP contribution in [0, 0.1) is 11.3 Å². The summed E-state index contributed by atoms with van der Waals surface area (Å²) < 4.78 is 0. The van der Waals surface area contributed by atoms with E-state index in [4.69, 9.17) is 11.6 Å². The molecule has 3 fully saturated rings. The highest BCUT2D eigenvalue weighted by Gasteiger charge is 2.59. The normalized spacial score (nSPS) is 30.0. The lowest BCUT2D eigenvalue weighted by molar-refractivity contribution is -0.148. The third-order valence-corrected chi connectivity index (χ3v) is 6.62. The molecule has 2 heterocycles. The molecule has 3 aliphatic rings. The summed E-state index contributed by atoms with van der Waals surface area (Å²) in [5, 5.41) is 10.4. The van der Waals surface area contributed by atoms with Gasteiger partial charge in [-0.2, -0.15) is 0 Å². The van der Waals surface area contributed by atoms with E-state index in [9.17, 15) is 14.7 Å². The number of aliphatic carboxylic acids is 1. The highest BCUT2D eigenvalue weighted by molar-refractivity contribution is 6.33. The molecule has 1 saturated carbocycles. The van der Waals surface area contributed by atoms with E-state index in [0.29, 0.717) is 29.7 Å². The van der Waals surface area contributed by atoms with Crippen LogP contribution in [-0.2, 0) is 4.79 Å². The van der Waals surface area contributed by atoms with Crippen molar-refractivity contribution in [3.8, 4) is 0 Å². The molecule has 5 nitrogen and oxygen atoms in total. The molecule has 134 valence electrons. The Hall–Kier alpha value is -1.59. The average Bonchev–Trinajstić information content (AvgIpc) is 3.28. The zero-order valence-corrected chi connectivity index (χ0v) is 14.9. The Labute approximate surface area is 152 Å². The quantitative estimate of drug-likeness (QED) is 0.898. The molecule has 1 aliphatic carbocycles. The van der Waals surface area contributed by atoms with Crippen molar-refractivity contribution >= 4 is 23.5 Å². The predicted octanol–water partition coefficient (Wildman–Crippen LogP) is 2.74. The summed E-state index contributed by atoms with van der Waals surface area (Å²) >= 11 is 6.15. The van der Waals surface area contributed by atoms with Crippen LogP contribution in [0.3, 0.4) is 0 Å². The molecule has 1 amide bonds. The fourth-order valence-electron chi connectivity index (χ4n) is 4.91. The summed E-state index contributed by atoms with van der Waals surface area (Å²) in [7, 11) is 0. The highest BCUT2D eigenvalue weighted by atomic mass is 35.5. The van der Waals surface area contributed by atoms with Gasteiger partial charge in [-0.15, -0.1) is 0 Å². The van der Waals surface area contributed by atoms with Crippen LogP contribution >= 0.6 is 11.6 Å². The number of halogens is 1. The van der Waals surface area contributed by atoms with Crippen LogP contribution in [0.1, 0.15) is 36.0 Å². The Morgan fingerprint density at radius 2 is 1.84 bits per heavy atom. The first-order valence-corrected chi connectivity index (χ1v) is 9.40. The molecule has 25 heavy (non-hydrogen) atoms. The van der Waals surface area contributed by atoms with Gasteiger partial charge < -0.3 is 10.0 Å². The summed E-state index contributed by atoms with van der Waals surface area (Å²) in [5.74, 6) is -0.933. The molecule has 2 aliphatic heterocycles. The van der Waals surface area contributed by atoms with E-state index < -0.39 is 11.4 Å². The minimum absolute atomic E-state index is 0.00274. The Balaban J connectivity index is 1.54. The third kappa shape index (κ3) is 2.74. The lowest BCUT2D eigenvalue weighted by Crippen LogP contribution is -2.43. The minimum atomic E-state index is -0.834. The van der Waals surface area contributed by atoms with Crippen LogP contribution in [-0.4, -0.2) is 59.0 Å². The minimum Gasteiger partial charge on any atom is -0.481 e. The van der Waals surface area contributed by atoms with E-state index in [1.165, 1.54) is 25.7 Å². The number of benzene rings is 1. The second-order valence-electron chi connectivity index (χ2n) is 7.69. The van der Waals surface area contributed by atoms with E-state index in [2.05, 4.69) is 4.90 Å². The third-order valence-electron chi connectivity index (χ3n) is 6.29. The van der Waals surface area contributed by atoms with E-state index >= 15 is 0 Å². The maximum absolute atomic E-state index is 12.8. The van der Waals surface area contributed by atoms with Crippen LogP contribution < -0.4 is 0 Å². The topological polar surface area (TPSA) is 60.9 Å². The van der Waals surface area contributed by atoms with E-state index in [-0.39, 0.29) is 18.4 Å². The lowest BCUT2D eigenvalue weighted by atomic mass is 9.81. The van der Waals surface area contributed by atoms with E-state index in [1.54, 1.807) is 29.2 Å². The second kappa shape index (κ2) is 6.29. The van der Waals surface area contributed by atoms with Crippen molar-refractivity contribution in [2.75, 3.05) is 26.2 Å². The summed E-state index contributed by atoms with van der Waals surface area (Å²) in [6.07, 6.45) is 4.82. The Bertz CT molecular complexity index is 704. The predicted molar refractivity (Wildman–Crippen MR) is 94.7 cm³/mol. The monoisotopic (exact) mass is 362 g/mol. The molecule has 0 bridgehead atoms. The largest absolute Gasteiger partial charge is 0.481 e. The van der Waals surface area contributed by atoms with Gasteiger partial charge in [-0.1, -0.05) is 36.6 Å². The van der Waals surface area contributed by atoms with Crippen LogP contribution in [0.4, 0.5) is 0 Å². The number of carbonyl (C=O) groups is 2. The van der Waals surface area contributed by atoms with Gasteiger partial charge in [0.25, 0.3) is 5.91 Å². The van der Waals surface area contributed by atoms with Crippen molar-refractivity contribution in [2.24, 2.45) is 11.3 Å². The Morgan fingerprint density at radius 3 is 2.48 bits per heavy atom. The van der Waals surface area contributed by atoms with Gasteiger partial charge in [0.15, 0.2) is 0 Å². The summed E-state index contributed by atoms with van der Waals surface area (Å²) in [6.45, 7) is 2.12. The first-order chi connectivity index (χ1) is 12.0. The number of carboxylic acids is 1. The number of hydrogen-bond acceptors (Lipinski definition) is 3. The molecule has 1 aromatic carbocycles. The molecule has 0 radical (unpaired) electrons. The molecular formula is C19H23ClN2O3. The number of hydrogen-bond donors (Lipinski definition) is 1. The SMILES string of the molecule is O=C(c1ccccc1Cl)N1CC2CN(C3CCCC3)C[C@]2(C(=O)O)C1.